The Kier molecular flexibility index (Phi) is 7.59. The normalized spacial score (nSPS) is 16.8. The fourth-order valence-corrected chi connectivity index (χ4v) is 4.78. The first-order chi connectivity index (χ1) is 14.8. The van der Waals surface area contributed by atoms with Gasteiger partial charge in [0.15, 0.2) is 0 Å². The van der Waals surface area contributed by atoms with E-state index < -0.39 is 0 Å². The number of hydrogen-bond donors (Lipinski definition) is 0. The summed E-state index contributed by atoms with van der Waals surface area (Å²) in [7, 11) is 1.69. The van der Waals surface area contributed by atoms with Crippen LogP contribution in [-0.4, -0.2) is 50.6 Å². The molecule has 2 aromatic carbocycles. The summed E-state index contributed by atoms with van der Waals surface area (Å²) in [6.45, 7) is 4.88. The van der Waals surface area contributed by atoms with E-state index in [2.05, 4.69) is 41.3 Å². The molecule has 4 nitrogen and oxygen atoms in total. The maximum Gasteiger partial charge on any atom is 0.136 e. The minimum absolute atomic E-state index is 0.723. The van der Waals surface area contributed by atoms with Crippen molar-refractivity contribution in [3.63, 3.8) is 0 Å². The summed E-state index contributed by atoms with van der Waals surface area (Å²) in [5.74, 6) is 3.79. The highest BCUT2D eigenvalue weighted by atomic mass is 32.2. The van der Waals surface area contributed by atoms with Gasteiger partial charge in [-0.2, -0.15) is 0 Å². The third-order valence-electron chi connectivity index (χ3n) is 5.60. The smallest absolute Gasteiger partial charge is 0.136 e. The number of hydrogen-bond acceptors (Lipinski definition) is 5. The van der Waals surface area contributed by atoms with Crippen LogP contribution in [0.15, 0.2) is 47.4 Å². The van der Waals surface area contributed by atoms with Crippen molar-refractivity contribution in [2.45, 2.75) is 30.6 Å². The first-order valence-corrected chi connectivity index (χ1v) is 11.9. The van der Waals surface area contributed by atoms with Crippen LogP contribution in [-0.2, 0) is 6.42 Å². The van der Waals surface area contributed by atoms with E-state index in [-0.39, 0.29) is 0 Å². The van der Waals surface area contributed by atoms with Crippen LogP contribution < -0.4 is 14.2 Å². The Bertz CT molecular complexity index is 844. The number of allylic oxidation sites excluding steroid dienone is 1. The van der Waals surface area contributed by atoms with Gasteiger partial charge in [-0.3, -0.25) is 4.90 Å². The lowest BCUT2D eigenvalue weighted by atomic mass is 10.1. The van der Waals surface area contributed by atoms with Crippen molar-refractivity contribution in [1.29, 1.82) is 0 Å². The second-order valence-electron chi connectivity index (χ2n) is 7.73. The number of methoxy groups -OCH3 is 1. The number of piperidine rings is 1. The molecular formula is C25H31NO3S. The molecule has 160 valence electrons. The highest BCUT2D eigenvalue weighted by molar-refractivity contribution is 7.99. The second-order valence-corrected chi connectivity index (χ2v) is 8.87. The third-order valence-corrected chi connectivity index (χ3v) is 6.60. The van der Waals surface area contributed by atoms with Crippen molar-refractivity contribution >= 4 is 17.8 Å². The van der Waals surface area contributed by atoms with E-state index in [4.69, 9.17) is 14.2 Å². The molecule has 0 aliphatic carbocycles. The van der Waals surface area contributed by atoms with Crippen LogP contribution >= 0.6 is 11.8 Å². The van der Waals surface area contributed by atoms with Gasteiger partial charge in [0.25, 0.3) is 0 Å². The largest absolute Gasteiger partial charge is 0.497 e. The zero-order valence-corrected chi connectivity index (χ0v) is 18.6. The molecule has 2 heterocycles. The molecule has 30 heavy (non-hydrogen) atoms. The monoisotopic (exact) mass is 425 g/mol. The molecule has 0 atom stereocenters. The molecule has 2 aliphatic rings. The average molecular weight is 426 g/mol. The van der Waals surface area contributed by atoms with Gasteiger partial charge < -0.3 is 14.2 Å². The van der Waals surface area contributed by atoms with Gasteiger partial charge in [0.2, 0.25) is 0 Å². The van der Waals surface area contributed by atoms with E-state index in [1.165, 1.54) is 48.4 Å². The molecule has 0 amide bonds. The average Bonchev–Trinajstić information content (AvgIpc) is 2.80. The van der Waals surface area contributed by atoms with Crippen LogP contribution in [0, 0.1) is 0 Å². The Balaban J connectivity index is 1.43. The van der Waals surface area contributed by atoms with E-state index >= 15 is 0 Å². The van der Waals surface area contributed by atoms with Gasteiger partial charge in [-0.1, -0.05) is 30.7 Å². The molecule has 0 unspecified atom stereocenters. The number of likely N-dealkylation sites (tertiary alicyclic amines) is 1. The van der Waals surface area contributed by atoms with Crippen LogP contribution in [0.2, 0.25) is 0 Å². The summed E-state index contributed by atoms with van der Waals surface area (Å²) >= 11 is 1.87. The molecule has 0 aromatic heterocycles. The Hall–Kier alpha value is -2.11. The number of thioether (sulfide) groups is 1. The van der Waals surface area contributed by atoms with E-state index in [1.54, 1.807) is 7.11 Å². The highest BCUT2D eigenvalue weighted by Gasteiger charge is 2.16. The fourth-order valence-electron chi connectivity index (χ4n) is 3.91. The van der Waals surface area contributed by atoms with Gasteiger partial charge in [0.05, 0.1) is 18.6 Å². The Labute approximate surface area is 184 Å². The van der Waals surface area contributed by atoms with Crippen molar-refractivity contribution in [2.75, 3.05) is 45.7 Å². The molecule has 5 heteroatoms. The van der Waals surface area contributed by atoms with Crippen LogP contribution in [0.5, 0.6) is 17.2 Å². The maximum atomic E-state index is 6.26. The quantitative estimate of drug-likeness (QED) is 0.573. The number of fused-ring (bicyclic) bond motifs is 1. The van der Waals surface area contributed by atoms with Crippen LogP contribution in [0.25, 0.3) is 6.08 Å². The number of rotatable bonds is 8. The first kappa shape index (κ1) is 21.1. The Morgan fingerprint density at radius 3 is 2.73 bits per heavy atom. The van der Waals surface area contributed by atoms with E-state index in [0.29, 0.717) is 0 Å². The lowest BCUT2D eigenvalue weighted by molar-refractivity contribution is 0.182. The van der Waals surface area contributed by atoms with E-state index in [1.807, 2.05) is 23.9 Å². The predicted octanol–water partition coefficient (Wildman–Crippen LogP) is 5.30. The Morgan fingerprint density at radius 2 is 1.93 bits per heavy atom. The second kappa shape index (κ2) is 10.8. The van der Waals surface area contributed by atoms with Crippen LogP contribution in [0.4, 0.5) is 0 Å². The Morgan fingerprint density at radius 1 is 1.10 bits per heavy atom. The molecule has 0 radical (unpaired) electrons. The lowest BCUT2D eigenvalue weighted by Crippen LogP contribution is -2.33. The number of nitrogens with zero attached hydrogens (tertiary/aromatic N) is 1. The summed E-state index contributed by atoms with van der Waals surface area (Å²) in [4.78, 5) is 3.73. The summed E-state index contributed by atoms with van der Waals surface area (Å²) < 4.78 is 17.4. The van der Waals surface area contributed by atoms with Crippen molar-refractivity contribution in [2.24, 2.45) is 0 Å². The molecule has 4 rings (SSSR count). The van der Waals surface area contributed by atoms with Gasteiger partial charge in [-0.25, -0.2) is 0 Å². The minimum Gasteiger partial charge on any atom is -0.497 e. The van der Waals surface area contributed by atoms with E-state index in [9.17, 15) is 0 Å². The standard InChI is InChI=1S/C25H31NO3S/c1-27-22-10-8-20(9-11-22)6-5-7-21-18-25-24(29-16-17-30-25)19-23(21)28-15-14-26-12-3-2-4-13-26/h5-6,8-11,18-19H,2-4,7,12-17H2,1H3. The zero-order valence-electron chi connectivity index (χ0n) is 17.8. The maximum absolute atomic E-state index is 6.26. The molecule has 2 aliphatic heterocycles. The molecule has 0 bridgehead atoms. The molecular weight excluding hydrogens is 394 g/mol. The summed E-state index contributed by atoms with van der Waals surface area (Å²) in [6.07, 6.45) is 9.17. The molecule has 0 spiro atoms. The van der Waals surface area contributed by atoms with Crippen LogP contribution in [0.3, 0.4) is 0 Å². The van der Waals surface area contributed by atoms with Gasteiger partial charge >= 0.3 is 0 Å². The SMILES string of the molecule is COc1ccc(C=CCc2cc3c(cc2OCCN2CCCCC2)OCCS3)cc1. The topological polar surface area (TPSA) is 30.9 Å². The van der Waals surface area contributed by atoms with Gasteiger partial charge in [-0.15, -0.1) is 11.8 Å². The van der Waals surface area contributed by atoms with E-state index in [0.717, 1.165) is 49.2 Å². The molecule has 0 N–H and O–H groups in total. The predicted molar refractivity (Wildman–Crippen MR) is 124 cm³/mol. The first-order valence-electron chi connectivity index (χ1n) is 10.9. The van der Waals surface area contributed by atoms with Crippen molar-refractivity contribution in [3.05, 3.63) is 53.6 Å². The molecule has 1 fully saturated rings. The van der Waals surface area contributed by atoms with Crippen molar-refractivity contribution < 1.29 is 14.2 Å². The van der Waals surface area contributed by atoms with Crippen molar-refractivity contribution in [1.82, 2.24) is 4.90 Å². The molecule has 2 aromatic rings. The number of benzene rings is 2. The van der Waals surface area contributed by atoms with Gasteiger partial charge in [0, 0.05) is 18.4 Å². The summed E-state index contributed by atoms with van der Waals surface area (Å²) in [5.41, 5.74) is 2.38. The summed E-state index contributed by atoms with van der Waals surface area (Å²) in [6, 6.07) is 12.5. The van der Waals surface area contributed by atoms with Crippen LogP contribution in [0.1, 0.15) is 30.4 Å². The lowest BCUT2D eigenvalue weighted by Gasteiger charge is -2.26. The summed E-state index contributed by atoms with van der Waals surface area (Å²) in [5, 5.41) is 0. The molecule has 0 saturated carbocycles. The zero-order chi connectivity index (χ0) is 20.6. The van der Waals surface area contributed by atoms with Crippen molar-refractivity contribution in [3.8, 4) is 17.2 Å². The fraction of sp³-hybridized carbons (Fsp3) is 0.440. The third kappa shape index (κ3) is 5.73. The molecule has 1 saturated heterocycles. The number of ether oxygens (including phenoxy) is 3. The van der Waals surface area contributed by atoms with Gasteiger partial charge in [-0.05, 0) is 61.7 Å². The highest BCUT2D eigenvalue weighted by Crippen LogP contribution is 2.38. The van der Waals surface area contributed by atoms with Gasteiger partial charge in [0.1, 0.15) is 23.9 Å². The minimum atomic E-state index is 0.723.